The molecule has 0 aliphatic heterocycles. The van der Waals surface area contributed by atoms with E-state index in [2.05, 4.69) is 9.97 Å². The molecule has 4 nitrogen and oxygen atoms in total. The second kappa shape index (κ2) is 7.27. The van der Waals surface area contributed by atoms with Crippen LogP contribution in [0.5, 0.6) is 0 Å². The fraction of sp³-hybridized carbons (Fsp3) is 0.583. The Labute approximate surface area is 106 Å². The summed E-state index contributed by atoms with van der Waals surface area (Å²) < 4.78 is 0. The SMILES string of the molecule is Cc1cc(C)nc(SCCCCCC(=O)O)n1. The summed E-state index contributed by atoms with van der Waals surface area (Å²) >= 11 is 1.64. The minimum absolute atomic E-state index is 0.269. The van der Waals surface area contributed by atoms with Gasteiger partial charge in [0, 0.05) is 23.6 Å². The van der Waals surface area contributed by atoms with Crippen molar-refractivity contribution >= 4 is 17.7 Å². The Balaban J connectivity index is 2.20. The van der Waals surface area contributed by atoms with Crippen molar-refractivity contribution in [3.63, 3.8) is 0 Å². The Kier molecular flexibility index (Phi) is 5.97. The lowest BCUT2D eigenvalue weighted by molar-refractivity contribution is -0.137. The molecule has 0 fully saturated rings. The van der Waals surface area contributed by atoms with Crippen molar-refractivity contribution < 1.29 is 9.90 Å². The quantitative estimate of drug-likeness (QED) is 0.460. The Bertz CT molecular complexity index is 363. The topological polar surface area (TPSA) is 63.1 Å². The number of unbranched alkanes of at least 4 members (excludes halogenated alkanes) is 2. The number of hydrogen-bond donors (Lipinski definition) is 1. The van der Waals surface area contributed by atoms with Gasteiger partial charge in [-0.25, -0.2) is 9.97 Å². The highest BCUT2D eigenvalue weighted by Crippen LogP contribution is 2.16. The molecular weight excluding hydrogens is 236 g/mol. The van der Waals surface area contributed by atoms with Crippen LogP contribution >= 0.6 is 11.8 Å². The number of thioether (sulfide) groups is 1. The first-order valence-electron chi connectivity index (χ1n) is 5.75. The van der Waals surface area contributed by atoms with Gasteiger partial charge >= 0.3 is 5.97 Å². The van der Waals surface area contributed by atoms with Crippen LogP contribution in [0.3, 0.4) is 0 Å². The molecule has 0 saturated carbocycles. The van der Waals surface area contributed by atoms with E-state index in [9.17, 15) is 4.79 Å². The van der Waals surface area contributed by atoms with Crippen LogP contribution in [0.2, 0.25) is 0 Å². The molecule has 0 amide bonds. The summed E-state index contributed by atoms with van der Waals surface area (Å²) in [4.78, 5) is 19.0. The predicted molar refractivity (Wildman–Crippen MR) is 68.3 cm³/mol. The average Bonchev–Trinajstić information content (AvgIpc) is 2.21. The van der Waals surface area contributed by atoms with E-state index < -0.39 is 5.97 Å². The first-order valence-corrected chi connectivity index (χ1v) is 6.73. The lowest BCUT2D eigenvalue weighted by Crippen LogP contribution is -1.95. The molecule has 0 aromatic carbocycles. The molecule has 0 bridgehead atoms. The summed E-state index contributed by atoms with van der Waals surface area (Å²) in [6.45, 7) is 3.93. The molecule has 0 atom stereocenters. The predicted octanol–water partition coefficient (Wildman–Crippen LogP) is 2.83. The van der Waals surface area contributed by atoms with Gasteiger partial charge in [-0.15, -0.1) is 0 Å². The van der Waals surface area contributed by atoms with Crippen LogP contribution in [-0.2, 0) is 4.79 Å². The van der Waals surface area contributed by atoms with Crippen molar-refractivity contribution in [2.45, 2.75) is 44.7 Å². The number of hydrogen-bond acceptors (Lipinski definition) is 4. The normalized spacial score (nSPS) is 10.5. The van der Waals surface area contributed by atoms with Crippen LogP contribution in [0, 0.1) is 13.8 Å². The molecular formula is C12H18N2O2S. The second-order valence-electron chi connectivity index (χ2n) is 3.99. The maximum atomic E-state index is 10.3. The fourth-order valence-corrected chi connectivity index (χ4v) is 2.42. The molecule has 0 radical (unpaired) electrons. The second-order valence-corrected chi connectivity index (χ2v) is 5.05. The largest absolute Gasteiger partial charge is 0.481 e. The zero-order chi connectivity index (χ0) is 12.7. The molecule has 0 aliphatic rings. The van der Waals surface area contributed by atoms with Crippen LogP contribution in [-0.4, -0.2) is 26.8 Å². The monoisotopic (exact) mass is 254 g/mol. The van der Waals surface area contributed by atoms with Gasteiger partial charge in [0.05, 0.1) is 0 Å². The first kappa shape index (κ1) is 14.0. The number of aryl methyl sites for hydroxylation is 2. The summed E-state index contributed by atoms with van der Waals surface area (Å²) in [6.07, 6.45) is 2.98. The molecule has 94 valence electrons. The molecule has 1 N–H and O–H groups in total. The Morgan fingerprint density at radius 1 is 1.24 bits per heavy atom. The third-order valence-electron chi connectivity index (χ3n) is 2.23. The van der Waals surface area contributed by atoms with E-state index in [-0.39, 0.29) is 6.42 Å². The number of rotatable bonds is 7. The highest BCUT2D eigenvalue weighted by atomic mass is 32.2. The summed E-state index contributed by atoms with van der Waals surface area (Å²) in [5, 5.41) is 9.30. The summed E-state index contributed by atoms with van der Waals surface area (Å²) in [7, 11) is 0. The Morgan fingerprint density at radius 2 is 1.88 bits per heavy atom. The molecule has 1 rings (SSSR count). The fourth-order valence-electron chi connectivity index (χ4n) is 1.48. The lowest BCUT2D eigenvalue weighted by Gasteiger charge is -2.02. The van der Waals surface area contributed by atoms with E-state index in [4.69, 9.17) is 5.11 Å². The lowest BCUT2D eigenvalue weighted by atomic mass is 10.2. The van der Waals surface area contributed by atoms with Gasteiger partial charge in [0.2, 0.25) is 0 Å². The van der Waals surface area contributed by atoms with Crippen molar-refractivity contribution in [1.29, 1.82) is 0 Å². The zero-order valence-corrected chi connectivity index (χ0v) is 11.1. The van der Waals surface area contributed by atoms with Gasteiger partial charge in [0.25, 0.3) is 0 Å². The molecule has 1 aromatic rings. The van der Waals surface area contributed by atoms with E-state index in [1.165, 1.54) is 0 Å². The highest BCUT2D eigenvalue weighted by Gasteiger charge is 2.01. The highest BCUT2D eigenvalue weighted by molar-refractivity contribution is 7.99. The maximum absolute atomic E-state index is 10.3. The Hall–Kier alpha value is -1.10. The van der Waals surface area contributed by atoms with Gasteiger partial charge in [0.1, 0.15) is 0 Å². The van der Waals surface area contributed by atoms with Crippen molar-refractivity contribution in [3.05, 3.63) is 17.5 Å². The van der Waals surface area contributed by atoms with E-state index in [1.807, 2.05) is 19.9 Å². The van der Waals surface area contributed by atoms with E-state index in [0.717, 1.165) is 41.6 Å². The minimum atomic E-state index is -0.713. The van der Waals surface area contributed by atoms with Gasteiger partial charge < -0.3 is 5.11 Å². The summed E-state index contributed by atoms with van der Waals surface area (Å²) in [6, 6.07) is 1.96. The van der Waals surface area contributed by atoms with Crippen LogP contribution < -0.4 is 0 Å². The summed E-state index contributed by atoms with van der Waals surface area (Å²) in [5.74, 6) is 0.234. The van der Waals surface area contributed by atoms with Crippen molar-refractivity contribution in [2.75, 3.05) is 5.75 Å². The van der Waals surface area contributed by atoms with E-state index >= 15 is 0 Å². The van der Waals surface area contributed by atoms with Crippen LogP contribution in [0.4, 0.5) is 0 Å². The number of nitrogens with zero attached hydrogens (tertiary/aromatic N) is 2. The van der Waals surface area contributed by atoms with Gasteiger partial charge in [-0.05, 0) is 32.8 Å². The smallest absolute Gasteiger partial charge is 0.303 e. The molecule has 1 heterocycles. The molecule has 0 unspecified atom stereocenters. The number of carboxylic acid groups (broad SMARTS) is 1. The van der Waals surface area contributed by atoms with E-state index in [1.54, 1.807) is 11.8 Å². The molecule has 0 spiro atoms. The van der Waals surface area contributed by atoms with Gasteiger partial charge in [-0.1, -0.05) is 18.2 Å². The number of carboxylic acids is 1. The van der Waals surface area contributed by atoms with Gasteiger partial charge in [-0.2, -0.15) is 0 Å². The zero-order valence-electron chi connectivity index (χ0n) is 10.3. The van der Waals surface area contributed by atoms with Crippen LogP contribution in [0.25, 0.3) is 0 Å². The molecule has 0 aliphatic carbocycles. The number of aliphatic carboxylic acids is 1. The van der Waals surface area contributed by atoms with Crippen molar-refractivity contribution in [2.24, 2.45) is 0 Å². The first-order chi connectivity index (χ1) is 8.08. The van der Waals surface area contributed by atoms with E-state index in [0.29, 0.717) is 0 Å². The molecule has 1 aromatic heterocycles. The van der Waals surface area contributed by atoms with Crippen LogP contribution in [0.1, 0.15) is 37.1 Å². The number of carbonyl (C=O) groups is 1. The molecule has 0 saturated heterocycles. The molecule has 5 heteroatoms. The average molecular weight is 254 g/mol. The third kappa shape index (κ3) is 6.26. The minimum Gasteiger partial charge on any atom is -0.481 e. The molecule has 17 heavy (non-hydrogen) atoms. The standard InChI is InChI=1S/C12H18N2O2S/c1-9-8-10(2)14-12(13-9)17-7-5-3-4-6-11(15)16/h8H,3-7H2,1-2H3,(H,15,16). The van der Waals surface area contributed by atoms with Crippen LogP contribution in [0.15, 0.2) is 11.2 Å². The maximum Gasteiger partial charge on any atom is 0.303 e. The Morgan fingerprint density at radius 3 is 2.47 bits per heavy atom. The number of aromatic nitrogens is 2. The van der Waals surface area contributed by atoms with Crippen molar-refractivity contribution in [1.82, 2.24) is 9.97 Å². The van der Waals surface area contributed by atoms with Crippen molar-refractivity contribution in [3.8, 4) is 0 Å². The van der Waals surface area contributed by atoms with Gasteiger partial charge in [0.15, 0.2) is 5.16 Å². The summed E-state index contributed by atoms with van der Waals surface area (Å²) in [5.41, 5.74) is 1.98. The van der Waals surface area contributed by atoms with Gasteiger partial charge in [-0.3, -0.25) is 4.79 Å². The third-order valence-corrected chi connectivity index (χ3v) is 3.16.